The van der Waals surface area contributed by atoms with Crippen LogP contribution in [0.2, 0.25) is 0 Å². The van der Waals surface area contributed by atoms with E-state index in [1.807, 2.05) is 60.8 Å². The predicted molar refractivity (Wildman–Crippen MR) is 156 cm³/mol. The minimum absolute atomic E-state index is 0. The van der Waals surface area contributed by atoms with Gasteiger partial charge in [0.2, 0.25) is 0 Å². The van der Waals surface area contributed by atoms with Crippen LogP contribution in [-0.2, 0) is 145 Å². The van der Waals surface area contributed by atoms with Crippen LogP contribution < -0.4 is 4.68 Å². The smallest absolute Gasteiger partial charge is 0.0860 e. The Bertz CT molecular complexity index is 1030. The van der Waals surface area contributed by atoms with Gasteiger partial charge < -0.3 is 24.6 Å². The third kappa shape index (κ3) is 34.7. The summed E-state index contributed by atoms with van der Waals surface area (Å²) in [6, 6.07) is 8.63. The van der Waals surface area contributed by atoms with Gasteiger partial charge in [-0.3, -0.25) is 9.97 Å². The Labute approximate surface area is 361 Å². The zero-order valence-corrected chi connectivity index (χ0v) is 35.5. The van der Waals surface area contributed by atoms with Crippen molar-refractivity contribution in [1.82, 2.24) is 39.8 Å². The van der Waals surface area contributed by atoms with Crippen molar-refractivity contribution in [2.24, 2.45) is 14.1 Å². The predicted octanol–water partition coefficient (Wildman–Crippen LogP) is 5.00. The maximum atomic E-state index is 4.03. The third-order valence-corrected chi connectivity index (χ3v) is 3.87. The number of aromatic nitrogens is 9. The van der Waals surface area contributed by atoms with E-state index in [4.69, 9.17) is 0 Å². The molecule has 0 aliphatic heterocycles. The number of nitrogens with zero attached hydrogens (tertiary/aromatic N) is 9. The normalized spacial score (nSPS) is 7.51. The molecule has 0 saturated carbocycles. The summed E-state index contributed by atoms with van der Waals surface area (Å²) in [5.41, 5.74) is 5.03. The Morgan fingerprint density at radius 2 is 1.30 bits per heavy atom. The molecule has 0 unspecified atom stereocenters. The first-order valence-electron chi connectivity index (χ1n) is 11.0. The molecule has 0 amide bonds. The van der Waals surface area contributed by atoms with Crippen LogP contribution >= 0.6 is 0 Å². The van der Waals surface area contributed by atoms with Crippen molar-refractivity contribution >= 4 is 0 Å². The third-order valence-electron chi connectivity index (χ3n) is 3.87. The number of rotatable bonds is 0. The minimum Gasteiger partial charge on any atom is -0.394 e. The number of pyridine rings is 2. The van der Waals surface area contributed by atoms with E-state index in [9.17, 15) is 0 Å². The molecule has 5 heterocycles. The Hall–Kier alpha value is 0.0156. The van der Waals surface area contributed by atoms with E-state index in [0.29, 0.717) is 0 Å². The van der Waals surface area contributed by atoms with Crippen molar-refractivity contribution in [1.29, 1.82) is 0 Å². The van der Waals surface area contributed by atoms with Gasteiger partial charge in [-0.15, -0.1) is 16.7 Å². The molecule has 43 heavy (non-hydrogen) atoms. The number of aryl methyl sites for hydroxylation is 7. The van der Waals surface area contributed by atoms with E-state index < -0.39 is 0 Å². The fourth-order valence-electron chi connectivity index (χ4n) is 2.14. The monoisotopic (exact) mass is 886 g/mol. The van der Waals surface area contributed by atoms with Gasteiger partial charge in [-0.2, -0.15) is 30.5 Å². The number of hydrogen-bond donors (Lipinski definition) is 0. The summed E-state index contributed by atoms with van der Waals surface area (Å²) in [7, 11) is 3.78. The van der Waals surface area contributed by atoms with Gasteiger partial charge in [0.1, 0.15) is 0 Å². The summed E-state index contributed by atoms with van der Waals surface area (Å²) in [6.07, 6.45) is 21.9. The second-order valence-electron chi connectivity index (χ2n) is 7.33. The second-order valence-corrected chi connectivity index (χ2v) is 7.33. The minimum atomic E-state index is 0. The second kappa shape index (κ2) is 38.2. The van der Waals surface area contributed by atoms with E-state index >= 15 is 0 Å². The summed E-state index contributed by atoms with van der Waals surface area (Å²) < 4.78 is 1.80. The Balaban J connectivity index is -0.0000000725. The van der Waals surface area contributed by atoms with Gasteiger partial charge >= 0.3 is 0 Å². The van der Waals surface area contributed by atoms with Gasteiger partial charge in [0.05, 0.1) is 19.8 Å². The summed E-state index contributed by atoms with van der Waals surface area (Å²) in [5, 5.41) is 4.03. The first kappa shape index (κ1) is 58.5. The molecule has 0 aliphatic rings. The van der Waals surface area contributed by atoms with Crippen LogP contribution in [0, 0.1) is 59.3 Å². The molecule has 0 spiro atoms. The summed E-state index contributed by atoms with van der Waals surface area (Å²) >= 11 is 0. The van der Waals surface area contributed by atoms with Crippen molar-refractivity contribution in [2.75, 3.05) is 0 Å². The quantitative estimate of drug-likeness (QED) is 0.160. The largest absolute Gasteiger partial charge is 0.394 e. The maximum Gasteiger partial charge on any atom is 0.0860 e. The van der Waals surface area contributed by atoms with Crippen LogP contribution in [0.15, 0.2) is 67.9 Å². The SMILES string of the molecule is C.C.C.Cc1[c-][n+](C)n(C)n1.Cc1[c-]ccnc1.Cc1[c-]nccc1.Cc1[c-]ncnc1.Cc1cnccn1.[Y].[Y].[Y].[Y]. The molecule has 9 nitrogen and oxygen atoms in total. The van der Waals surface area contributed by atoms with E-state index in [1.54, 1.807) is 58.9 Å². The van der Waals surface area contributed by atoms with Crippen LogP contribution in [0.5, 0.6) is 0 Å². The number of hydrogen-bond acceptors (Lipinski definition) is 7. The van der Waals surface area contributed by atoms with Gasteiger partial charge in [0.25, 0.3) is 0 Å². The maximum absolute atomic E-state index is 4.03. The van der Waals surface area contributed by atoms with Gasteiger partial charge in [0.15, 0.2) is 0 Å². The standard InChI is InChI=1S/2C6H6N.C5H9N3.C5H5N2.C5H6N2.3CH4.4Y/c2*1-6-3-2-4-7-5-6;1-5-4-7(2)8(3)6-5;1-5-2-6-4-7-3-5;1-5-4-6-2-3-7-5;;;;;;;/h2,4-5H,1H3;2-4H,1H3;1-3H3;2,4H,1H3;2-4H,1H3;3*1H4;;;;/q2*-1;;-1;;;;;;;;. The van der Waals surface area contributed by atoms with Gasteiger partial charge in [-0.25, -0.2) is 0 Å². The molecule has 5 aromatic heterocycles. The van der Waals surface area contributed by atoms with Crippen LogP contribution in [0.1, 0.15) is 50.4 Å². The molecule has 0 saturated heterocycles. The van der Waals surface area contributed by atoms with Crippen molar-refractivity contribution < 1.29 is 136 Å². The molecule has 5 aromatic rings. The zero-order chi connectivity index (χ0) is 26.6. The van der Waals surface area contributed by atoms with Crippen molar-refractivity contribution in [2.45, 2.75) is 56.9 Å². The van der Waals surface area contributed by atoms with E-state index in [2.05, 4.69) is 59.7 Å². The zero-order valence-electron chi connectivity index (χ0n) is 24.2. The van der Waals surface area contributed by atoms with Crippen molar-refractivity contribution in [3.05, 3.63) is 121 Å². The Morgan fingerprint density at radius 3 is 1.51 bits per heavy atom. The Morgan fingerprint density at radius 1 is 0.698 bits per heavy atom. The first-order valence-corrected chi connectivity index (χ1v) is 11.0. The van der Waals surface area contributed by atoms with E-state index in [0.717, 1.165) is 28.1 Å². The van der Waals surface area contributed by atoms with Gasteiger partial charge in [0, 0.05) is 155 Å². The topological polar surface area (TPSA) is 99.0 Å². The van der Waals surface area contributed by atoms with E-state index in [-0.39, 0.29) is 153 Å². The van der Waals surface area contributed by atoms with Crippen LogP contribution in [-0.4, -0.2) is 39.8 Å². The molecule has 0 aromatic carbocycles. The molecule has 0 aliphatic carbocycles. The summed E-state index contributed by atoms with van der Waals surface area (Å²) in [6.45, 7) is 9.66. The molecule has 5 rings (SSSR count). The molecule has 0 atom stereocenters. The van der Waals surface area contributed by atoms with Crippen LogP contribution in [0.25, 0.3) is 0 Å². The first-order chi connectivity index (χ1) is 17.3. The molecule has 0 fully saturated rings. The molecule has 0 N–H and O–H groups in total. The fourth-order valence-corrected chi connectivity index (χ4v) is 2.14. The fraction of sp³-hybridized carbons (Fsp3) is 0.333. The summed E-state index contributed by atoms with van der Waals surface area (Å²) in [4.78, 5) is 24.5. The molecule has 0 bridgehead atoms. The summed E-state index contributed by atoms with van der Waals surface area (Å²) in [5.74, 6) is 0. The molecule has 13 heteroatoms. The average Bonchev–Trinajstić information content (AvgIpc) is 3.17. The Kier molecular flexibility index (Phi) is 52.0. The molecular weight excluding hydrogens is 842 g/mol. The molecule has 224 valence electrons. The van der Waals surface area contributed by atoms with Gasteiger partial charge in [-0.05, 0) is 25.3 Å². The van der Waals surface area contributed by atoms with Crippen molar-refractivity contribution in [3.8, 4) is 0 Å². The van der Waals surface area contributed by atoms with E-state index in [1.165, 1.54) is 6.33 Å². The van der Waals surface area contributed by atoms with Gasteiger partial charge in [-0.1, -0.05) is 85.0 Å². The average molecular weight is 886 g/mol. The van der Waals surface area contributed by atoms with Crippen LogP contribution in [0.4, 0.5) is 0 Å². The molecule has 4 radical (unpaired) electrons. The van der Waals surface area contributed by atoms with Crippen LogP contribution in [0.3, 0.4) is 0 Å². The molecular formula is C30H44N9Y4-3. The van der Waals surface area contributed by atoms with Crippen molar-refractivity contribution in [3.63, 3.8) is 0 Å².